The average molecular weight is 409 g/mol. The molecule has 1 unspecified atom stereocenters. The van der Waals surface area contributed by atoms with E-state index in [0.717, 1.165) is 41.7 Å². The minimum atomic E-state index is 0.0924. The van der Waals surface area contributed by atoms with Crippen molar-refractivity contribution < 1.29 is 9.53 Å². The largest absolute Gasteiger partial charge is 0.497 e. The number of Topliss-reactive ketones (excluding diaryl/α,β-unsaturated/α-hetero) is 1. The van der Waals surface area contributed by atoms with Crippen LogP contribution in [0.15, 0.2) is 90.5 Å². The van der Waals surface area contributed by atoms with Gasteiger partial charge in [-0.25, -0.2) is 0 Å². The van der Waals surface area contributed by atoms with Crippen LogP contribution in [0.4, 0.5) is 0 Å². The molecule has 3 aromatic carbocycles. The fraction of sp³-hybridized carbons (Fsp3) is 0.207. The van der Waals surface area contributed by atoms with E-state index in [0.29, 0.717) is 5.92 Å². The fourth-order valence-corrected chi connectivity index (χ4v) is 4.22. The molecule has 0 aromatic heterocycles. The molecular formula is C29H28O2. The Balaban J connectivity index is 1.67. The highest BCUT2D eigenvalue weighted by atomic mass is 16.5. The Hall–Kier alpha value is -3.39. The Kier molecular flexibility index (Phi) is 6.47. The van der Waals surface area contributed by atoms with Crippen LogP contribution in [0, 0.1) is 0 Å². The van der Waals surface area contributed by atoms with Crippen molar-refractivity contribution in [1.82, 2.24) is 0 Å². The second-order valence-corrected chi connectivity index (χ2v) is 8.08. The Morgan fingerprint density at radius 2 is 1.58 bits per heavy atom. The molecule has 4 rings (SSSR count). The molecule has 31 heavy (non-hydrogen) atoms. The summed E-state index contributed by atoms with van der Waals surface area (Å²) in [6, 6.07) is 26.9. The first kappa shape index (κ1) is 20.9. The second-order valence-electron chi connectivity index (χ2n) is 8.08. The molecule has 0 saturated heterocycles. The monoisotopic (exact) mass is 408 g/mol. The molecule has 0 N–H and O–H groups in total. The molecule has 1 aliphatic carbocycles. The molecule has 2 nitrogen and oxygen atoms in total. The summed E-state index contributed by atoms with van der Waals surface area (Å²) in [6.07, 6.45) is 7.87. The first-order valence-corrected chi connectivity index (χ1v) is 10.9. The van der Waals surface area contributed by atoms with E-state index in [9.17, 15) is 4.79 Å². The lowest BCUT2D eigenvalue weighted by Gasteiger charge is -2.24. The highest BCUT2D eigenvalue weighted by Crippen LogP contribution is 2.38. The minimum absolute atomic E-state index is 0.0924. The number of carbonyl (C=O) groups is 1. The van der Waals surface area contributed by atoms with Crippen molar-refractivity contribution in [1.29, 1.82) is 0 Å². The van der Waals surface area contributed by atoms with Crippen LogP contribution < -0.4 is 4.74 Å². The van der Waals surface area contributed by atoms with Crippen molar-refractivity contribution in [3.05, 3.63) is 113 Å². The Labute approximate surface area is 184 Å². The van der Waals surface area contributed by atoms with Gasteiger partial charge in [-0.15, -0.1) is 0 Å². The molecule has 1 aliphatic rings. The topological polar surface area (TPSA) is 26.3 Å². The average Bonchev–Trinajstić information content (AvgIpc) is 2.84. The van der Waals surface area contributed by atoms with Crippen molar-refractivity contribution in [2.75, 3.05) is 7.11 Å². The third kappa shape index (κ3) is 5.03. The molecule has 0 fully saturated rings. The SMILES string of the molecule is COc1ccc(/C=C(/C2=CCC(c3ccccc3)CC2)c2ccc(C(C)=O)cc2)cc1. The van der Waals surface area contributed by atoms with Gasteiger partial charge in [0.1, 0.15) is 5.75 Å². The molecule has 0 aliphatic heterocycles. The minimum Gasteiger partial charge on any atom is -0.497 e. The summed E-state index contributed by atoms with van der Waals surface area (Å²) in [5.41, 5.74) is 7.05. The quantitative estimate of drug-likeness (QED) is 0.315. The van der Waals surface area contributed by atoms with Crippen molar-refractivity contribution >= 4 is 17.4 Å². The number of allylic oxidation sites excluding steroid dienone is 3. The number of ketones is 1. The van der Waals surface area contributed by atoms with E-state index < -0.39 is 0 Å². The van der Waals surface area contributed by atoms with Gasteiger partial charge < -0.3 is 4.74 Å². The summed E-state index contributed by atoms with van der Waals surface area (Å²) in [5.74, 6) is 1.52. The lowest BCUT2D eigenvalue weighted by Crippen LogP contribution is -2.05. The number of carbonyl (C=O) groups excluding carboxylic acids is 1. The summed E-state index contributed by atoms with van der Waals surface area (Å²) in [7, 11) is 1.68. The fourth-order valence-electron chi connectivity index (χ4n) is 4.22. The maximum Gasteiger partial charge on any atom is 0.159 e. The lowest BCUT2D eigenvalue weighted by molar-refractivity contribution is 0.101. The summed E-state index contributed by atoms with van der Waals surface area (Å²) in [6.45, 7) is 1.61. The van der Waals surface area contributed by atoms with Crippen LogP contribution in [0.3, 0.4) is 0 Å². The number of methoxy groups -OCH3 is 1. The van der Waals surface area contributed by atoms with Gasteiger partial charge in [0, 0.05) is 5.56 Å². The van der Waals surface area contributed by atoms with Crippen LogP contribution in [0.25, 0.3) is 11.6 Å². The smallest absolute Gasteiger partial charge is 0.159 e. The lowest BCUT2D eigenvalue weighted by atomic mass is 9.80. The van der Waals surface area contributed by atoms with E-state index in [4.69, 9.17) is 4.74 Å². The maximum atomic E-state index is 11.7. The normalized spacial score (nSPS) is 16.5. The van der Waals surface area contributed by atoms with E-state index in [-0.39, 0.29) is 5.78 Å². The molecule has 156 valence electrons. The van der Waals surface area contributed by atoms with Crippen molar-refractivity contribution in [2.45, 2.75) is 32.1 Å². The third-order valence-corrected chi connectivity index (χ3v) is 6.06. The van der Waals surface area contributed by atoms with Crippen LogP contribution in [0.2, 0.25) is 0 Å². The van der Waals surface area contributed by atoms with Crippen LogP contribution in [0.1, 0.15) is 59.2 Å². The summed E-state index contributed by atoms with van der Waals surface area (Å²) >= 11 is 0. The van der Waals surface area contributed by atoms with Gasteiger partial charge >= 0.3 is 0 Å². The van der Waals surface area contributed by atoms with Crippen molar-refractivity contribution in [3.63, 3.8) is 0 Å². The molecule has 2 heteroatoms. The first-order chi connectivity index (χ1) is 15.1. The van der Waals surface area contributed by atoms with E-state index in [1.807, 2.05) is 24.3 Å². The van der Waals surface area contributed by atoms with E-state index in [1.165, 1.54) is 16.7 Å². The van der Waals surface area contributed by atoms with Gasteiger partial charge in [-0.05, 0) is 78.1 Å². The summed E-state index contributed by atoms with van der Waals surface area (Å²) < 4.78 is 5.30. The first-order valence-electron chi connectivity index (χ1n) is 10.9. The van der Waals surface area contributed by atoms with Gasteiger partial charge in [0.15, 0.2) is 5.78 Å². The van der Waals surface area contributed by atoms with E-state index in [1.54, 1.807) is 14.0 Å². The Morgan fingerprint density at radius 1 is 0.903 bits per heavy atom. The predicted octanol–water partition coefficient (Wildman–Crippen LogP) is 7.33. The Morgan fingerprint density at radius 3 is 2.16 bits per heavy atom. The molecule has 0 heterocycles. The molecule has 0 spiro atoms. The van der Waals surface area contributed by atoms with Gasteiger partial charge in [0.2, 0.25) is 0 Å². The summed E-state index contributed by atoms with van der Waals surface area (Å²) in [5, 5.41) is 0. The van der Waals surface area contributed by atoms with Crippen LogP contribution in [0.5, 0.6) is 5.75 Å². The highest BCUT2D eigenvalue weighted by Gasteiger charge is 2.19. The number of benzene rings is 3. The summed E-state index contributed by atoms with van der Waals surface area (Å²) in [4.78, 5) is 11.7. The zero-order valence-corrected chi connectivity index (χ0v) is 18.2. The molecule has 1 atom stereocenters. The third-order valence-electron chi connectivity index (χ3n) is 6.06. The number of hydrogen-bond donors (Lipinski definition) is 0. The highest BCUT2D eigenvalue weighted by molar-refractivity contribution is 5.96. The van der Waals surface area contributed by atoms with Crippen molar-refractivity contribution in [2.24, 2.45) is 0 Å². The number of hydrogen-bond acceptors (Lipinski definition) is 2. The second kappa shape index (κ2) is 9.61. The molecule has 0 saturated carbocycles. The molecule has 0 bridgehead atoms. The predicted molar refractivity (Wildman–Crippen MR) is 128 cm³/mol. The van der Waals surface area contributed by atoms with Gasteiger partial charge in [-0.2, -0.15) is 0 Å². The standard InChI is InChI=1S/C29H28O2/c1-21(30)23-10-14-26(15-11-23)29(20-22-8-18-28(31-2)19-9-22)27-16-12-25(13-17-27)24-6-4-3-5-7-24/h3-11,14-16,18-20,25H,12-13,17H2,1-2H3/b29-20+. The van der Waals surface area contributed by atoms with Crippen LogP contribution in [-0.4, -0.2) is 12.9 Å². The van der Waals surface area contributed by atoms with Crippen LogP contribution >= 0.6 is 0 Å². The van der Waals surface area contributed by atoms with Gasteiger partial charge in [-0.3, -0.25) is 4.79 Å². The van der Waals surface area contributed by atoms with Gasteiger partial charge in [-0.1, -0.05) is 72.8 Å². The molecule has 0 amide bonds. The van der Waals surface area contributed by atoms with Crippen LogP contribution in [-0.2, 0) is 0 Å². The van der Waals surface area contributed by atoms with E-state index >= 15 is 0 Å². The number of ether oxygens (including phenoxy) is 1. The molecule has 0 radical (unpaired) electrons. The zero-order chi connectivity index (χ0) is 21.6. The van der Waals surface area contributed by atoms with Gasteiger partial charge in [0.05, 0.1) is 7.11 Å². The number of rotatable bonds is 6. The maximum absolute atomic E-state index is 11.7. The molecule has 3 aromatic rings. The zero-order valence-electron chi connectivity index (χ0n) is 18.2. The van der Waals surface area contributed by atoms with Crippen molar-refractivity contribution in [3.8, 4) is 5.75 Å². The molecular weight excluding hydrogens is 380 g/mol. The van der Waals surface area contributed by atoms with E-state index in [2.05, 4.69) is 66.7 Å². The van der Waals surface area contributed by atoms with Gasteiger partial charge in [0.25, 0.3) is 0 Å². The Bertz CT molecular complexity index is 1090.